The van der Waals surface area contributed by atoms with Crippen molar-refractivity contribution in [2.45, 2.75) is 12.8 Å². The molecule has 2 heterocycles. The van der Waals surface area contributed by atoms with Gasteiger partial charge in [0.05, 0.1) is 11.6 Å². The monoisotopic (exact) mass is 259 g/mol. The molecular weight excluding hydrogens is 242 g/mol. The summed E-state index contributed by atoms with van der Waals surface area (Å²) in [7, 11) is 0. The van der Waals surface area contributed by atoms with Gasteiger partial charge >= 0.3 is 0 Å². The highest BCUT2D eigenvalue weighted by atomic mass is 16.5. The summed E-state index contributed by atoms with van der Waals surface area (Å²) in [6.07, 6.45) is 3.99. The topological polar surface area (TPSA) is 42.7 Å². The quantitative estimate of drug-likeness (QED) is 0.844. The maximum Gasteiger partial charge on any atom is 0.192 e. The number of rotatable bonds is 4. The van der Waals surface area contributed by atoms with E-state index in [1.807, 2.05) is 6.07 Å². The van der Waals surface area contributed by atoms with Crippen molar-refractivity contribution in [2.24, 2.45) is 0 Å². The van der Waals surface area contributed by atoms with Crippen molar-refractivity contribution in [3.63, 3.8) is 0 Å². The van der Waals surface area contributed by atoms with Crippen LogP contribution in [-0.4, -0.2) is 31.1 Å². The molecule has 0 atom stereocenters. The van der Waals surface area contributed by atoms with Gasteiger partial charge in [-0.05, 0) is 44.1 Å². The van der Waals surface area contributed by atoms with Crippen molar-refractivity contribution in [1.29, 1.82) is 0 Å². The van der Waals surface area contributed by atoms with Crippen LogP contribution >= 0.6 is 0 Å². The zero-order valence-electron chi connectivity index (χ0n) is 10.8. The first-order valence-corrected chi connectivity index (χ1v) is 6.70. The number of hydrogen-bond donors (Lipinski definition) is 0. The first-order valence-electron chi connectivity index (χ1n) is 6.70. The van der Waals surface area contributed by atoms with Crippen molar-refractivity contribution in [3.05, 3.63) is 40.8 Å². The van der Waals surface area contributed by atoms with Crippen LogP contribution < -0.4 is 10.2 Å². The molecule has 1 aliphatic rings. The lowest BCUT2D eigenvalue weighted by atomic mass is 10.2. The summed E-state index contributed by atoms with van der Waals surface area (Å²) in [5.41, 5.74) is 0.561. The van der Waals surface area contributed by atoms with E-state index in [9.17, 15) is 4.79 Å². The van der Waals surface area contributed by atoms with Crippen molar-refractivity contribution in [2.75, 3.05) is 26.2 Å². The van der Waals surface area contributed by atoms with E-state index >= 15 is 0 Å². The molecule has 1 fully saturated rings. The summed E-state index contributed by atoms with van der Waals surface area (Å²) in [5, 5.41) is 0.571. The van der Waals surface area contributed by atoms with Gasteiger partial charge in [0.25, 0.3) is 0 Å². The van der Waals surface area contributed by atoms with Crippen LogP contribution in [-0.2, 0) is 0 Å². The maximum absolute atomic E-state index is 11.7. The Hall–Kier alpha value is -1.81. The van der Waals surface area contributed by atoms with E-state index in [1.54, 1.807) is 12.1 Å². The Balaban J connectivity index is 1.67. The first-order chi connectivity index (χ1) is 9.33. The lowest BCUT2D eigenvalue weighted by Gasteiger charge is -2.14. The van der Waals surface area contributed by atoms with Crippen LogP contribution in [0.4, 0.5) is 0 Å². The zero-order chi connectivity index (χ0) is 13.1. The van der Waals surface area contributed by atoms with Gasteiger partial charge in [0.1, 0.15) is 17.9 Å². The molecule has 1 aromatic heterocycles. The molecule has 4 nitrogen and oxygen atoms in total. The molecule has 4 heteroatoms. The molecule has 0 bridgehead atoms. The highest BCUT2D eigenvalue weighted by molar-refractivity contribution is 5.77. The summed E-state index contributed by atoms with van der Waals surface area (Å²) in [5.74, 6) is 0.727. The van der Waals surface area contributed by atoms with Gasteiger partial charge in [-0.25, -0.2) is 0 Å². The predicted molar refractivity (Wildman–Crippen MR) is 73.7 cm³/mol. The number of benzene rings is 1. The largest absolute Gasteiger partial charge is 0.492 e. The molecule has 0 amide bonds. The molecule has 0 N–H and O–H groups in total. The van der Waals surface area contributed by atoms with E-state index in [0.717, 1.165) is 12.3 Å². The molecule has 19 heavy (non-hydrogen) atoms. The second-order valence-corrected chi connectivity index (χ2v) is 4.84. The Kier molecular flexibility index (Phi) is 3.51. The van der Waals surface area contributed by atoms with Gasteiger partial charge in [-0.15, -0.1) is 0 Å². The Labute approximate surface area is 111 Å². The number of hydrogen-bond acceptors (Lipinski definition) is 4. The SMILES string of the molecule is O=c1ccoc2ccc(OCCN3CCCC3)cc12. The van der Waals surface area contributed by atoms with Crippen molar-refractivity contribution >= 4 is 11.0 Å². The molecule has 0 radical (unpaired) electrons. The minimum Gasteiger partial charge on any atom is -0.492 e. The van der Waals surface area contributed by atoms with Crippen LogP contribution in [0.2, 0.25) is 0 Å². The Morgan fingerprint density at radius 3 is 2.89 bits per heavy atom. The predicted octanol–water partition coefficient (Wildman–Crippen LogP) is 2.27. The van der Waals surface area contributed by atoms with Gasteiger partial charge in [0.2, 0.25) is 0 Å². The van der Waals surface area contributed by atoms with Crippen molar-refractivity contribution in [3.8, 4) is 5.75 Å². The Bertz CT molecular complexity index is 614. The molecule has 0 unspecified atom stereocenters. The van der Waals surface area contributed by atoms with Crippen molar-refractivity contribution in [1.82, 2.24) is 4.90 Å². The smallest absolute Gasteiger partial charge is 0.192 e. The molecule has 1 aliphatic heterocycles. The molecule has 1 aromatic carbocycles. The minimum absolute atomic E-state index is 0.0359. The standard InChI is InChI=1S/C15H17NO3/c17-14-5-9-19-15-4-3-12(11-13(14)15)18-10-8-16-6-1-2-7-16/h3-5,9,11H,1-2,6-8,10H2. The van der Waals surface area contributed by atoms with Gasteiger partial charge in [0, 0.05) is 12.6 Å². The third-order valence-corrected chi connectivity index (χ3v) is 3.51. The second-order valence-electron chi connectivity index (χ2n) is 4.84. The summed E-state index contributed by atoms with van der Waals surface area (Å²) in [6, 6.07) is 6.80. The summed E-state index contributed by atoms with van der Waals surface area (Å²) in [6.45, 7) is 3.94. The highest BCUT2D eigenvalue weighted by Crippen LogP contribution is 2.18. The number of fused-ring (bicyclic) bond motifs is 1. The second kappa shape index (κ2) is 5.45. The van der Waals surface area contributed by atoms with E-state index < -0.39 is 0 Å². The van der Waals surface area contributed by atoms with Crippen LogP contribution in [0.25, 0.3) is 11.0 Å². The van der Waals surface area contributed by atoms with Gasteiger partial charge < -0.3 is 9.15 Å². The zero-order valence-corrected chi connectivity index (χ0v) is 10.8. The fourth-order valence-corrected chi connectivity index (χ4v) is 2.45. The molecule has 0 spiro atoms. The van der Waals surface area contributed by atoms with Gasteiger partial charge in [-0.1, -0.05) is 0 Å². The number of likely N-dealkylation sites (tertiary alicyclic amines) is 1. The summed E-state index contributed by atoms with van der Waals surface area (Å²) >= 11 is 0. The molecule has 1 saturated heterocycles. The average molecular weight is 259 g/mol. The van der Waals surface area contributed by atoms with Gasteiger partial charge in [-0.2, -0.15) is 0 Å². The van der Waals surface area contributed by atoms with E-state index in [1.165, 1.54) is 38.3 Å². The molecule has 100 valence electrons. The average Bonchev–Trinajstić information content (AvgIpc) is 2.93. The van der Waals surface area contributed by atoms with E-state index in [-0.39, 0.29) is 5.43 Å². The molecule has 3 rings (SSSR count). The minimum atomic E-state index is -0.0359. The molecule has 0 saturated carbocycles. The number of ether oxygens (including phenoxy) is 1. The molecule has 2 aromatic rings. The highest BCUT2D eigenvalue weighted by Gasteiger charge is 2.11. The molecular formula is C15H17NO3. The Morgan fingerprint density at radius 1 is 1.21 bits per heavy atom. The fourth-order valence-electron chi connectivity index (χ4n) is 2.45. The summed E-state index contributed by atoms with van der Waals surface area (Å²) < 4.78 is 11.0. The van der Waals surface area contributed by atoms with Gasteiger partial charge in [0.15, 0.2) is 5.43 Å². The maximum atomic E-state index is 11.7. The lowest BCUT2D eigenvalue weighted by molar-refractivity contribution is 0.238. The van der Waals surface area contributed by atoms with Crippen LogP contribution in [0.15, 0.2) is 39.7 Å². The van der Waals surface area contributed by atoms with E-state index in [0.29, 0.717) is 17.6 Å². The van der Waals surface area contributed by atoms with Crippen LogP contribution in [0.5, 0.6) is 5.75 Å². The van der Waals surface area contributed by atoms with Crippen LogP contribution in [0.1, 0.15) is 12.8 Å². The first kappa shape index (κ1) is 12.2. The van der Waals surface area contributed by atoms with E-state index in [2.05, 4.69) is 4.90 Å². The van der Waals surface area contributed by atoms with Crippen LogP contribution in [0, 0.1) is 0 Å². The third-order valence-electron chi connectivity index (χ3n) is 3.51. The van der Waals surface area contributed by atoms with Gasteiger partial charge in [-0.3, -0.25) is 9.69 Å². The third kappa shape index (κ3) is 2.79. The summed E-state index contributed by atoms with van der Waals surface area (Å²) in [4.78, 5) is 14.1. The van der Waals surface area contributed by atoms with Crippen LogP contribution in [0.3, 0.4) is 0 Å². The fraction of sp³-hybridized carbons (Fsp3) is 0.400. The normalized spacial score (nSPS) is 16.0. The lowest BCUT2D eigenvalue weighted by Crippen LogP contribution is -2.25. The molecule has 0 aliphatic carbocycles. The van der Waals surface area contributed by atoms with E-state index in [4.69, 9.17) is 9.15 Å². The number of nitrogens with zero attached hydrogens (tertiary/aromatic N) is 1. The Morgan fingerprint density at radius 2 is 2.05 bits per heavy atom. The van der Waals surface area contributed by atoms with Crippen molar-refractivity contribution < 1.29 is 9.15 Å².